The fourth-order valence-corrected chi connectivity index (χ4v) is 6.54. The van der Waals surface area contributed by atoms with Crippen molar-refractivity contribution in [2.45, 2.75) is 11.8 Å². The second kappa shape index (κ2) is 9.07. The number of hydrogen-bond donors (Lipinski definition) is 4. The number of amides is 1. The van der Waals surface area contributed by atoms with Crippen molar-refractivity contribution in [3.63, 3.8) is 0 Å². The van der Waals surface area contributed by atoms with Gasteiger partial charge in [0.1, 0.15) is 16.6 Å². The maximum Gasteiger partial charge on any atom is 0.274 e. The molecule has 1 fully saturated rings. The zero-order valence-electron chi connectivity index (χ0n) is 18.0. The molecule has 3 heterocycles. The third kappa shape index (κ3) is 4.83. The first-order valence-electron chi connectivity index (χ1n) is 10.2. The lowest BCUT2D eigenvalue weighted by Crippen LogP contribution is -2.43. The van der Waals surface area contributed by atoms with Gasteiger partial charge < -0.3 is 10.4 Å². The molecule has 0 saturated carbocycles. The highest BCUT2D eigenvalue weighted by Gasteiger charge is 2.40. The lowest BCUT2D eigenvalue weighted by atomic mass is 10.1. The Bertz CT molecular complexity index is 1350. The molecule has 1 aliphatic rings. The van der Waals surface area contributed by atoms with E-state index in [9.17, 15) is 31.8 Å². The molecule has 34 heavy (non-hydrogen) atoms. The van der Waals surface area contributed by atoms with Crippen LogP contribution < -0.4 is 5.32 Å². The van der Waals surface area contributed by atoms with Crippen molar-refractivity contribution in [2.24, 2.45) is 0 Å². The summed E-state index contributed by atoms with van der Waals surface area (Å²) >= 11 is 0. The number of pyridine rings is 2. The quantitative estimate of drug-likeness (QED) is 0.408. The van der Waals surface area contributed by atoms with Gasteiger partial charge in [-0.1, -0.05) is 12.1 Å². The molecule has 0 radical (unpaired) electrons. The molecule has 182 valence electrons. The molecule has 1 saturated heterocycles. The lowest BCUT2D eigenvalue weighted by Gasteiger charge is -2.46. The third-order valence-electron chi connectivity index (χ3n) is 5.59. The number of sulfonamides is 1. The zero-order chi connectivity index (χ0) is 24.7. The summed E-state index contributed by atoms with van der Waals surface area (Å²) in [5.74, 6) is -1.87. The topological polar surface area (TPSA) is 153 Å². The van der Waals surface area contributed by atoms with Gasteiger partial charge in [0, 0.05) is 31.2 Å². The van der Waals surface area contributed by atoms with Crippen LogP contribution in [-0.2, 0) is 16.6 Å². The minimum absolute atomic E-state index is 0.0195. The van der Waals surface area contributed by atoms with Crippen molar-refractivity contribution in [2.75, 3.05) is 25.1 Å². The van der Waals surface area contributed by atoms with Gasteiger partial charge in [-0.15, -0.1) is 0 Å². The Labute approximate surface area is 196 Å². The van der Waals surface area contributed by atoms with E-state index < -0.39 is 49.0 Å². The molecule has 4 N–H and O–H groups in total. The van der Waals surface area contributed by atoms with Crippen LogP contribution >= 0.6 is 10.6 Å². The van der Waals surface area contributed by atoms with E-state index in [4.69, 9.17) is 0 Å². The summed E-state index contributed by atoms with van der Waals surface area (Å²) in [6, 6.07) is 8.59. The average Bonchev–Trinajstić information content (AvgIpc) is 2.78. The van der Waals surface area contributed by atoms with Crippen molar-refractivity contribution < 1.29 is 31.8 Å². The van der Waals surface area contributed by atoms with Crippen LogP contribution in [0.4, 0.5) is 4.39 Å². The molecule has 0 spiro atoms. The SMILES string of the molecule is CS(=O)(=O)N1CCS(O)(O)C(c2nc(C(=O)NCc3ccc(F)cc3)c(O)c3ncccc23)C1. The molecule has 2 aromatic heterocycles. The van der Waals surface area contributed by atoms with Crippen LogP contribution in [-0.4, -0.2) is 67.9 Å². The second-order valence-corrected chi connectivity index (χ2v) is 12.3. The molecule has 1 aromatic carbocycles. The first-order chi connectivity index (χ1) is 16.0. The maximum atomic E-state index is 13.1. The van der Waals surface area contributed by atoms with Gasteiger partial charge in [-0.25, -0.2) is 17.8 Å². The largest absolute Gasteiger partial charge is 0.504 e. The Morgan fingerprint density at radius 3 is 2.65 bits per heavy atom. The Morgan fingerprint density at radius 1 is 1.26 bits per heavy atom. The Hall–Kier alpha value is -2.84. The van der Waals surface area contributed by atoms with Gasteiger partial charge in [0.05, 0.1) is 17.7 Å². The smallest absolute Gasteiger partial charge is 0.274 e. The summed E-state index contributed by atoms with van der Waals surface area (Å²) in [7, 11) is -6.94. The van der Waals surface area contributed by atoms with Gasteiger partial charge in [0.25, 0.3) is 5.91 Å². The maximum absolute atomic E-state index is 13.1. The van der Waals surface area contributed by atoms with E-state index in [2.05, 4.69) is 15.3 Å². The Balaban J connectivity index is 1.75. The van der Waals surface area contributed by atoms with Gasteiger partial charge in [0.15, 0.2) is 11.4 Å². The monoisotopic (exact) mass is 510 g/mol. The number of nitrogens with one attached hydrogen (secondary N) is 1. The molecule has 1 unspecified atom stereocenters. The van der Waals surface area contributed by atoms with Crippen LogP contribution in [0, 0.1) is 5.82 Å². The highest BCUT2D eigenvalue weighted by molar-refractivity contribution is 8.24. The number of benzene rings is 1. The number of halogens is 1. The van der Waals surface area contributed by atoms with Crippen molar-refractivity contribution in [3.8, 4) is 5.75 Å². The fourth-order valence-electron chi connectivity index (χ4n) is 3.76. The number of carbonyl (C=O) groups excluding carboxylic acids is 1. The molecule has 1 atom stereocenters. The van der Waals surface area contributed by atoms with E-state index >= 15 is 0 Å². The molecule has 1 amide bonds. The van der Waals surface area contributed by atoms with E-state index in [-0.39, 0.29) is 42.0 Å². The standard InChI is InChI=1S/C21H23FN4O6S2/c1-33(29,30)26-9-10-34(31,32)16(12-26)17-15-3-2-8-23-18(15)20(27)19(25-17)21(28)24-11-13-4-6-14(22)7-5-13/h2-8,16,27,31-32H,9-12H2,1H3,(H,24,28). The van der Waals surface area contributed by atoms with Gasteiger partial charge in [-0.3, -0.25) is 18.9 Å². The fraction of sp³-hybridized carbons (Fsp3) is 0.286. The second-order valence-electron chi connectivity index (χ2n) is 7.93. The van der Waals surface area contributed by atoms with Crippen molar-refractivity contribution in [1.82, 2.24) is 19.6 Å². The Morgan fingerprint density at radius 2 is 1.97 bits per heavy atom. The van der Waals surface area contributed by atoms with Crippen LogP contribution in [0.5, 0.6) is 5.75 Å². The first kappa shape index (κ1) is 24.3. The summed E-state index contributed by atoms with van der Waals surface area (Å²) in [4.78, 5) is 21.3. The molecule has 3 aromatic rings. The van der Waals surface area contributed by atoms with E-state index in [1.165, 1.54) is 30.5 Å². The van der Waals surface area contributed by atoms with Gasteiger partial charge in [-0.05, 0) is 29.8 Å². The lowest BCUT2D eigenvalue weighted by molar-refractivity contribution is 0.0942. The van der Waals surface area contributed by atoms with E-state index in [1.54, 1.807) is 12.1 Å². The molecule has 0 aliphatic carbocycles. The van der Waals surface area contributed by atoms with Crippen LogP contribution in [0.15, 0.2) is 42.6 Å². The summed E-state index contributed by atoms with van der Waals surface area (Å²) in [6.45, 7) is -0.285. The average molecular weight is 511 g/mol. The number of rotatable bonds is 5. The van der Waals surface area contributed by atoms with Crippen LogP contribution in [0.25, 0.3) is 10.9 Å². The van der Waals surface area contributed by atoms with Gasteiger partial charge in [-0.2, -0.15) is 14.9 Å². The number of hydrogen-bond acceptors (Lipinski definition) is 8. The molecule has 1 aliphatic heterocycles. The van der Waals surface area contributed by atoms with E-state index in [0.29, 0.717) is 5.56 Å². The van der Waals surface area contributed by atoms with E-state index in [0.717, 1.165) is 10.6 Å². The van der Waals surface area contributed by atoms with Crippen molar-refractivity contribution >= 4 is 37.4 Å². The minimum atomic E-state index is -3.62. The van der Waals surface area contributed by atoms with E-state index in [1.807, 2.05) is 0 Å². The summed E-state index contributed by atoms with van der Waals surface area (Å²) in [5.41, 5.74) is 0.293. The van der Waals surface area contributed by atoms with Gasteiger partial charge in [0.2, 0.25) is 10.0 Å². The number of aromatic nitrogens is 2. The Kier molecular flexibility index (Phi) is 6.48. The number of fused-ring (bicyclic) bond motifs is 1. The highest BCUT2D eigenvalue weighted by Crippen LogP contribution is 2.57. The van der Waals surface area contributed by atoms with Crippen LogP contribution in [0.1, 0.15) is 27.0 Å². The van der Waals surface area contributed by atoms with Crippen molar-refractivity contribution in [1.29, 1.82) is 0 Å². The molecule has 4 rings (SSSR count). The van der Waals surface area contributed by atoms with Crippen LogP contribution in [0.3, 0.4) is 0 Å². The summed E-state index contributed by atoms with van der Waals surface area (Å²) in [5, 5.41) is 12.5. The predicted octanol–water partition coefficient (Wildman–Crippen LogP) is 2.47. The molecular formula is C21H23FN4O6S2. The summed E-state index contributed by atoms with van der Waals surface area (Å²) in [6.07, 6.45) is 2.42. The molecule has 0 bridgehead atoms. The highest BCUT2D eigenvalue weighted by atomic mass is 32.3. The zero-order valence-corrected chi connectivity index (χ0v) is 19.7. The van der Waals surface area contributed by atoms with Crippen molar-refractivity contribution in [3.05, 3.63) is 65.4 Å². The number of carbonyl (C=O) groups is 1. The molecular weight excluding hydrogens is 487 g/mol. The summed E-state index contributed by atoms with van der Waals surface area (Å²) < 4.78 is 60.0. The third-order valence-corrected chi connectivity index (χ3v) is 8.92. The van der Waals surface area contributed by atoms with Gasteiger partial charge >= 0.3 is 0 Å². The number of aromatic hydroxyl groups is 1. The van der Waals surface area contributed by atoms with Crippen LogP contribution in [0.2, 0.25) is 0 Å². The molecule has 13 heteroatoms. The number of nitrogens with zero attached hydrogens (tertiary/aromatic N) is 3. The minimum Gasteiger partial charge on any atom is -0.504 e. The normalized spacial score (nSPS) is 19.6. The molecule has 10 nitrogen and oxygen atoms in total. The first-order valence-corrected chi connectivity index (χ1v) is 13.8. The predicted molar refractivity (Wildman–Crippen MR) is 126 cm³/mol.